The lowest BCUT2D eigenvalue weighted by molar-refractivity contribution is -0.134. The highest BCUT2D eigenvalue weighted by Crippen LogP contribution is 2.38. The molecule has 0 radical (unpaired) electrons. The lowest BCUT2D eigenvalue weighted by atomic mass is 10.0. The Morgan fingerprint density at radius 3 is 2.28 bits per heavy atom. The molecule has 0 spiro atoms. The van der Waals surface area contributed by atoms with Crippen LogP contribution < -0.4 is 26.0 Å². The van der Waals surface area contributed by atoms with Gasteiger partial charge in [0.1, 0.15) is 11.9 Å². The van der Waals surface area contributed by atoms with Crippen LogP contribution in [-0.4, -0.2) is 35.1 Å². The smallest absolute Gasteiger partial charge is 0.315 e. The molecule has 3 aromatic rings. The van der Waals surface area contributed by atoms with Crippen molar-refractivity contribution in [3.05, 3.63) is 78.4 Å². The standard InChI is InChI=1S/C27H28N4O3S.C4H8/c32-23(10-2-1-9-22-25-21(15-35-22)30-27(33)31-25)34-18-13-11-17(12-14-18)26-28-19-7-3-5-16-6-4-8-20(29-26)24(16)19;1-3-4-2/h3-8,11-14,21-22,25-26,28-29H,1-2,9-10,15H2,(H2,30,31,33);3-4H,1-2H3/b;4-3-/t21?,22-,25?;/m1./s1. The van der Waals surface area contributed by atoms with E-state index in [1.807, 2.05) is 62.0 Å². The third-order valence-electron chi connectivity index (χ3n) is 7.34. The molecule has 4 N–H and O–H groups in total. The molecule has 39 heavy (non-hydrogen) atoms. The van der Waals surface area contributed by atoms with E-state index in [0.29, 0.717) is 17.4 Å². The van der Waals surface area contributed by atoms with Crippen molar-refractivity contribution >= 4 is 45.9 Å². The number of fused-ring (bicyclic) bond motifs is 1. The molecular formula is C31H36N4O3S. The summed E-state index contributed by atoms with van der Waals surface area (Å²) in [5, 5.41) is 15.9. The van der Waals surface area contributed by atoms with Crippen LogP contribution in [0.2, 0.25) is 0 Å². The minimum atomic E-state index is -0.208. The van der Waals surface area contributed by atoms with E-state index in [1.54, 1.807) is 0 Å². The molecule has 3 atom stereocenters. The third-order valence-corrected chi connectivity index (χ3v) is 8.85. The molecule has 3 heterocycles. The molecular weight excluding hydrogens is 508 g/mol. The van der Waals surface area contributed by atoms with E-state index in [2.05, 4.69) is 57.7 Å². The maximum absolute atomic E-state index is 12.3. The van der Waals surface area contributed by atoms with E-state index in [9.17, 15) is 9.59 Å². The highest BCUT2D eigenvalue weighted by atomic mass is 32.2. The second kappa shape index (κ2) is 12.5. The van der Waals surface area contributed by atoms with Gasteiger partial charge >= 0.3 is 12.0 Å². The average molecular weight is 545 g/mol. The number of carbonyl (C=O) groups excluding carboxylic acids is 2. The molecule has 3 aliphatic heterocycles. The Morgan fingerprint density at radius 1 is 0.923 bits per heavy atom. The topological polar surface area (TPSA) is 91.5 Å². The Hall–Kier alpha value is -3.65. The lowest BCUT2D eigenvalue weighted by Crippen LogP contribution is -2.36. The maximum Gasteiger partial charge on any atom is 0.315 e. The number of esters is 1. The van der Waals surface area contributed by atoms with Crippen LogP contribution in [0, 0.1) is 0 Å². The SMILES string of the molecule is C/C=C\C.O=C1NC2CS[C@H](CCCCC(=O)Oc3ccc(C4Nc5cccc6cccc(c56)N4)cc3)C2N1. The lowest BCUT2D eigenvalue weighted by Gasteiger charge is -2.29. The normalized spacial score (nSPS) is 21.3. The Morgan fingerprint density at radius 2 is 1.62 bits per heavy atom. The predicted octanol–water partition coefficient (Wildman–Crippen LogP) is 6.59. The van der Waals surface area contributed by atoms with Crippen molar-refractivity contribution in [1.29, 1.82) is 0 Å². The fourth-order valence-electron chi connectivity index (χ4n) is 5.26. The Labute approximate surface area is 234 Å². The van der Waals surface area contributed by atoms with Crippen LogP contribution in [0.15, 0.2) is 72.8 Å². The van der Waals surface area contributed by atoms with Gasteiger partial charge in [0.05, 0.1) is 12.1 Å². The summed E-state index contributed by atoms with van der Waals surface area (Å²) in [5.74, 6) is 1.31. The van der Waals surface area contributed by atoms with Crippen LogP contribution in [-0.2, 0) is 4.79 Å². The summed E-state index contributed by atoms with van der Waals surface area (Å²) in [5.41, 5.74) is 3.28. The van der Waals surface area contributed by atoms with Crippen LogP contribution in [0.1, 0.15) is 51.3 Å². The molecule has 2 fully saturated rings. The largest absolute Gasteiger partial charge is 0.427 e. The van der Waals surface area contributed by atoms with Crippen LogP contribution in [0.4, 0.5) is 16.2 Å². The molecule has 2 unspecified atom stereocenters. The van der Waals surface area contributed by atoms with Crippen molar-refractivity contribution in [2.45, 2.75) is 63.0 Å². The second-order valence-electron chi connectivity index (χ2n) is 10.0. The van der Waals surface area contributed by atoms with E-state index < -0.39 is 0 Å². The number of allylic oxidation sites excluding steroid dienone is 2. The van der Waals surface area contributed by atoms with Crippen molar-refractivity contribution in [2.24, 2.45) is 0 Å². The number of amides is 2. The van der Waals surface area contributed by atoms with E-state index >= 15 is 0 Å². The first-order valence-electron chi connectivity index (χ1n) is 13.7. The van der Waals surface area contributed by atoms with E-state index in [-0.39, 0.29) is 30.2 Å². The van der Waals surface area contributed by atoms with Crippen LogP contribution in [0.25, 0.3) is 10.8 Å². The number of nitrogens with one attached hydrogen (secondary N) is 4. The number of hydrogen-bond acceptors (Lipinski definition) is 6. The number of thioether (sulfide) groups is 1. The predicted molar refractivity (Wildman–Crippen MR) is 160 cm³/mol. The van der Waals surface area contributed by atoms with E-state index in [0.717, 1.165) is 42.0 Å². The van der Waals surface area contributed by atoms with Crippen molar-refractivity contribution in [2.75, 3.05) is 16.4 Å². The quantitative estimate of drug-likeness (QED) is 0.0882. The fraction of sp³-hybridized carbons (Fsp3) is 0.355. The Kier molecular flexibility index (Phi) is 8.61. The zero-order chi connectivity index (χ0) is 27.2. The maximum atomic E-state index is 12.3. The molecule has 8 heteroatoms. The molecule has 2 saturated heterocycles. The molecule has 0 saturated carbocycles. The van der Waals surface area contributed by atoms with Gasteiger partial charge < -0.3 is 26.0 Å². The van der Waals surface area contributed by atoms with Gasteiger partial charge in [0.2, 0.25) is 0 Å². The van der Waals surface area contributed by atoms with Crippen molar-refractivity contribution < 1.29 is 14.3 Å². The molecule has 0 aromatic heterocycles. The summed E-state index contributed by atoms with van der Waals surface area (Å²) in [4.78, 5) is 23.8. The molecule has 3 aromatic carbocycles. The zero-order valence-electron chi connectivity index (χ0n) is 22.4. The number of carbonyl (C=O) groups is 2. The van der Waals surface area contributed by atoms with Gasteiger partial charge in [-0.25, -0.2) is 4.79 Å². The first-order chi connectivity index (χ1) is 19.1. The van der Waals surface area contributed by atoms with Gasteiger partial charge in [-0.2, -0.15) is 11.8 Å². The summed E-state index contributed by atoms with van der Waals surface area (Å²) in [6, 6.07) is 20.6. The number of hydrogen-bond donors (Lipinski definition) is 4. The summed E-state index contributed by atoms with van der Waals surface area (Å²) in [7, 11) is 0. The molecule has 3 aliphatic rings. The van der Waals surface area contributed by atoms with Gasteiger partial charge in [-0.15, -0.1) is 0 Å². The molecule has 0 aliphatic carbocycles. The summed E-state index contributed by atoms with van der Waals surface area (Å²) >= 11 is 1.90. The number of benzene rings is 3. The number of urea groups is 1. The van der Waals surface area contributed by atoms with Gasteiger partial charge in [0.15, 0.2) is 0 Å². The van der Waals surface area contributed by atoms with Gasteiger partial charge in [0, 0.05) is 34.2 Å². The third kappa shape index (κ3) is 6.33. The number of anilines is 2. The second-order valence-corrected chi connectivity index (χ2v) is 11.3. The van der Waals surface area contributed by atoms with Crippen LogP contribution >= 0.6 is 11.8 Å². The number of unbranched alkanes of at least 4 members (excludes halogenated alkanes) is 1. The zero-order valence-corrected chi connectivity index (χ0v) is 23.2. The van der Waals surface area contributed by atoms with Crippen LogP contribution in [0.3, 0.4) is 0 Å². The van der Waals surface area contributed by atoms with Crippen LogP contribution in [0.5, 0.6) is 5.75 Å². The van der Waals surface area contributed by atoms with Crippen molar-refractivity contribution in [1.82, 2.24) is 10.6 Å². The molecule has 204 valence electrons. The molecule has 2 amide bonds. The van der Waals surface area contributed by atoms with E-state index in [1.165, 1.54) is 10.8 Å². The highest BCUT2D eigenvalue weighted by Gasteiger charge is 2.42. The number of ether oxygens (including phenoxy) is 1. The van der Waals surface area contributed by atoms with Gasteiger partial charge in [-0.3, -0.25) is 4.79 Å². The first kappa shape index (κ1) is 26.9. The fourth-order valence-corrected chi connectivity index (χ4v) is 6.81. The average Bonchev–Trinajstić information content (AvgIpc) is 3.51. The van der Waals surface area contributed by atoms with Gasteiger partial charge in [0.25, 0.3) is 0 Å². The minimum Gasteiger partial charge on any atom is -0.427 e. The monoisotopic (exact) mass is 544 g/mol. The number of rotatable bonds is 7. The molecule has 7 nitrogen and oxygen atoms in total. The summed E-state index contributed by atoms with van der Waals surface area (Å²) in [6.07, 6.45) is 7.05. The minimum absolute atomic E-state index is 0.0582. The van der Waals surface area contributed by atoms with Crippen molar-refractivity contribution in [3.8, 4) is 5.75 Å². The Balaban J connectivity index is 0.000000723. The van der Waals surface area contributed by atoms with Gasteiger partial charge in [-0.05, 0) is 61.9 Å². The first-order valence-corrected chi connectivity index (χ1v) is 14.7. The summed E-state index contributed by atoms with van der Waals surface area (Å²) < 4.78 is 5.56. The molecule has 6 rings (SSSR count). The highest BCUT2D eigenvalue weighted by molar-refractivity contribution is 8.00. The van der Waals surface area contributed by atoms with Gasteiger partial charge in [-0.1, -0.05) is 55.0 Å². The van der Waals surface area contributed by atoms with Crippen molar-refractivity contribution in [3.63, 3.8) is 0 Å². The summed E-state index contributed by atoms with van der Waals surface area (Å²) in [6.45, 7) is 4.00. The Bertz CT molecular complexity index is 1300. The van der Waals surface area contributed by atoms with E-state index in [4.69, 9.17) is 4.74 Å². The molecule has 0 bridgehead atoms.